The van der Waals surface area contributed by atoms with Crippen molar-refractivity contribution in [1.82, 2.24) is 5.01 Å². The van der Waals surface area contributed by atoms with Gasteiger partial charge in [0.2, 0.25) is 0 Å². The number of azo groups is 1. The van der Waals surface area contributed by atoms with Gasteiger partial charge >= 0.3 is 0 Å². The van der Waals surface area contributed by atoms with Crippen LogP contribution in [0.1, 0.15) is 5.56 Å². The predicted molar refractivity (Wildman–Crippen MR) is 90.6 cm³/mol. The third-order valence-corrected chi connectivity index (χ3v) is 4.28. The third-order valence-electron chi connectivity index (χ3n) is 3.95. The van der Waals surface area contributed by atoms with Crippen LogP contribution in [0.4, 0.5) is 5.69 Å². The Morgan fingerprint density at radius 1 is 1.17 bits per heavy atom. The lowest BCUT2D eigenvalue weighted by Gasteiger charge is -2.14. The smallest absolute Gasteiger partial charge is 0.166 e. The fourth-order valence-corrected chi connectivity index (χ4v) is 3.08. The summed E-state index contributed by atoms with van der Waals surface area (Å²) in [4.78, 5) is 15.3. The Morgan fingerprint density at radius 2 is 2.00 bits per heavy atom. The molecule has 0 aliphatic carbocycles. The van der Waals surface area contributed by atoms with E-state index in [-0.39, 0.29) is 6.54 Å². The van der Waals surface area contributed by atoms with Gasteiger partial charge in [-0.15, -0.1) is 0 Å². The molecule has 0 saturated heterocycles. The first kappa shape index (κ1) is 14.5. The Hall–Kier alpha value is -3.06. The van der Waals surface area contributed by atoms with Crippen molar-refractivity contribution in [1.29, 1.82) is 0 Å². The van der Waals surface area contributed by atoms with Gasteiger partial charge < -0.3 is 0 Å². The van der Waals surface area contributed by atoms with E-state index >= 15 is 0 Å². The van der Waals surface area contributed by atoms with Gasteiger partial charge in [-0.1, -0.05) is 34.8 Å². The van der Waals surface area contributed by atoms with Crippen molar-refractivity contribution in [3.8, 4) is 11.1 Å². The molecule has 0 atom stereocenters. The molecule has 4 rings (SSSR count). The van der Waals surface area contributed by atoms with Crippen molar-refractivity contribution in [2.45, 2.75) is 6.54 Å². The van der Waals surface area contributed by atoms with Crippen molar-refractivity contribution in [3.05, 3.63) is 61.5 Å². The number of fused-ring (bicyclic) bond motifs is 3. The van der Waals surface area contributed by atoms with Crippen molar-refractivity contribution in [2.75, 3.05) is 0 Å². The average molecular weight is 340 g/mol. The third kappa shape index (κ3) is 2.26. The van der Waals surface area contributed by atoms with E-state index in [0.717, 1.165) is 32.1 Å². The van der Waals surface area contributed by atoms with E-state index in [2.05, 4.69) is 15.2 Å². The SMILES string of the molecule is O=[N+]([O-])N1C=NC=c2c(c(-c3ccccc3Cl)cc3c2=CN=N3)C1. The van der Waals surface area contributed by atoms with Gasteiger partial charge in [0.25, 0.3) is 0 Å². The van der Waals surface area contributed by atoms with Crippen LogP contribution in [-0.4, -0.2) is 16.4 Å². The fraction of sp³-hybridized carbons (Fsp3) is 0.0625. The molecule has 0 unspecified atom stereocenters. The molecule has 0 amide bonds. The lowest BCUT2D eigenvalue weighted by Crippen LogP contribution is -2.33. The second-order valence-corrected chi connectivity index (χ2v) is 5.71. The minimum atomic E-state index is -0.492. The van der Waals surface area contributed by atoms with Crippen LogP contribution in [0.15, 0.2) is 45.6 Å². The predicted octanol–water partition coefficient (Wildman–Crippen LogP) is 2.62. The Balaban J connectivity index is 2.05. The highest BCUT2D eigenvalue weighted by Crippen LogP contribution is 2.32. The largest absolute Gasteiger partial charge is 0.240 e. The maximum Gasteiger partial charge on any atom is 0.166 e. The van der Waals surface area contributed by atoms with E-state index in [1.807, 2.05) is 24.3 Å². The number of hydrazine groups is 1. The van der Waals surface area contributed by atoms with Crippen LogP contribution in [0.5, 0.6) is 0 Å². The molecule has 7 nitrogen and oxygen atoms in total. The average Bonchev–Trinajstić information content (AvgIpc) is 2.92. The van der Waals surface area contributed by atoms with E-state index in [1.54, 1.807) is 18.5 Å². The van der Waals surface area contributed by atoms with Crippen molar-refractivity contribution in [3.63, 3.8) is 0 Å². The van der Waals surface area contributed by atoms with Crippen molar-refractivity contribution >= 4 is 36.0 Å². The summed E-state index contributed by atoms with van der Waals surface area (Å²) in [5.74, 6) is 0. The van der Waals surface area contributed by atoms with E-state index in [0.29, 0.717) is 10.7 Å². The van der Waals surface area contributed by atoms with Gasteiger partial charge in [-0.3, -0.25) is 0 Å². The second kappa shape index (κ2) is 5.54. The van der Waals surface area contributed by atoms with E-state index < -0.39 is 5.03 Å². The quantitative estimate of drug-likeness (QED) is 0.622. The zero-order valence-corrected chi connectivity index (χ0v) is 13.0. The Bertz CT molecular complexity index is 1050. The van der Waals surface area contributed by atoms with Gasteiger partial charge in [-0.25, -0.2) is 15.1 Å². The summed E-state index contributed by atoms with van der Waals surface area (Å²) in [6.07, 6.45) is 4.44. The summed E-state index contributed by atoms with van der Waals surface area (Å²) in [5.41, 5.74) is 3.04. The van der Waals surface area contributed by atoms with E-state index in [4.69, 9.17) is 11.6 Å². The molecular formula is C16H10ClN5O2. The maximum atomic E-state index is 11.2. The van der Waals surface area contributed by atoms with Crippen LogP contribution in [0.2, 0.25) is 5.02 Å². The van der Waals surface area contributed by atoms with Crippen LogP contribution in [0.3, 0.4) is 0 Å². The molecule has 2 heterocycles. The number of nitro groups is 1. The van der Waals surface area contributed by atoms with Gasteiger partial charge in [-0.05, 0) is 23.3 Å². The van der Waals surface area contributed by atoms with Crippen LogP contribution in [0, 0.1) is 10.1 Å². The highest BCUT2D eigenvalue weighted by molar-refractivity contribution is 6.33. The summed E-state index contributed by atoms with van der Waals surface area (Å²) < 4.78 is 0. The number of benzene rings is 2. The molecule has 2 aliphatic heterocycles. The molecule has 118 valence electrons. The molecule has 2 aliphatic rings. The summed E-state index contributed by atoms with van der Waals surface area (Å²) in [6.45, 7) is 0.0734. The Morgan fingerprint density at radius 3 is 2.79 bits per heavy atom. The molecule has 0 N–H and O–H groups in total. The standard InChI is InChI=1S/C16H10ClN5O2/c17-15-4-2-1-3-10(15)11-5-16-13(7-19-20-16)12-6-18-9-21(22(23)24)8-14(11)12/h1-7,9H,8H2. The molecule has 0 fully saturated rings. The molecule has 0 bridgehead atoms. The normalized spacial score (nSPS) is 14.5. The lowest BCUT2D eigenvalue weighted by atomic mass is 9.96. The second-order valence-electron chi connectivity index (χ2n) is 5.30. The topological polar surface area (TPSA) is 83.5 Å². The number of halogens is 1. The highest BCUT2D eigenvalue weighted by atomic mass is 35.5. The molecule has 2 aromatic rings. The molecule has 0 spiro atoms. The molecule has 24 heavy (non-hydrogen) atoms. The zero-order valence-electron chi connectivity index (χ0n) is 12.3. The zero-order chi connectivity index (χ0) is 16.7. The number of hydrogen-bond donors (Lipinski definition) is 0. The van der Waals surface area contributed by atoms with Gasteiger partial charge in [0.15, 0.2) is 11.4 Å². The van der Waals surface area contributed by atoms with Crippen LogP contribution in [0.25, 0.3) is 23.5 Å². The molecule has 8 heteroatoms. The number of nitrogens with zero attached hydrogens (tertiary/aromatic N) is 5. The van der Waals surface area contributed by atoms with Gasteiger partial charge in [0.05, 0.1) is 11.9 Å². The summed E-state index contributed by atoms with van der Waals surface area (Å²) in [5, 5.41) is 21.9. The van der Waals surface area contributed by atoms with Gasteiger partial charge in [0.1, 0.15) is 6.54 Å². The minimum absolute atomic E-state index is 0.0734. The van der Waals surface area contributed by atoms with Crippen molar-refractivity contribution in [2.24, 2.45) is 15.2 Å². The minimum Gasteiger partial charge on any atom is -0.240 e. The Kier molecular flexibility index (Phi) is 3.35. The number of rotatable bonds is 2. The molecule has 0 saturated carbocycles. The molecule has 0 aromatic heterocycles. The Labute approximate surface area is 141 Å². The molecule has 2 aromatic carbocycles. The van der Waals surface area contributed by atoms with Gasteiger partial charge in [0, 0.05) is 27.2 Å². The highest BCUT2D eigenvalue weighted by Gasteiger charge is 2.22. The summed E-state index contributed by atoms with van der Waals surface area (Å²) in [6, 6.07) is 9.23. The molecular weight excluding hydrogens is 330 g/mol. The van der Waals surface area contributed by atoms with Crippen molar-refractivity contribution < 1.29 is 5.03 Å². The summed E-state index contributed by atoms with van der Waals surface area (Å²) in [7, 11) is 0. The number of aliphatic imine (C=N–C) groups is 1. The first-order chi connectivity index (χ1) is 11.6. The maximum absolute atomic E-state index is 11.2. The van der Waals surface area contributed by atoms with Gasteiger partial charge in [-0.2, -0.15) is 10.2 Å². The summed E-state index contributed by atoms with van der Waals surface area (Å²) >= 11 is 6.34. The first-order valence-corrected chi connectivity index (χ1v) is 7.49. The monoisotopic (exact) mass is 339 g/mol. The first-order valence-electron chi connectivity index (χ1n) is 7.11. The van der Waals surface area contributed by atoms with Crippen LogP contribution in [-0.2, 0) is 6.54 Å². The number of hydrogen-bond acceptors (Lipinski definition) is 5. The lowest BCUT2D eigenvalue weighted by molar-refractivity contribution is -0.630. The van der Waals surface area contributed by atoms with Crippen LogP contribution < -0.4 is 10.4 Å². The van der Waals surface area contributed by atoms with E-state index in [9.17, 15) is 10.1 Å². The fourth-order valence-electron chi connectivity index (χ4n) is 2.84. The van der Waals surface area contributed by atoms with Crippen LogP contribution >= 0.6 is 11.6 Å². The molecule has 0 radical (unpaired) electrons. The van der Waals surface area contributed by atoms with E-state index in [1.165, 1.54) is 6.34 Å².